The second-order valence-electron chi connectivity index (χ2n) is 3.50. The summed E-state index contributed by atoms with van der Waals surface area (Å²) in [4.78, 5) is 42.1. The molecule has 0 aliphatic carbocycles. The van der Waals surface area contributed by atoms with Crippen molar-refractivity contribution in [1.29, 1.82) is 0 Å². The maximum atomic E-state index is 10.7. The first-order valence-corrected chi connectivity index (χ1v) is 4.63. The lowest BCUT2D eigenvalue weighted by Gasteiger charge is -2.14. The number of carboxylic acids is 4. The van der Waals surface area contributed by atoms with Crippen molar-refractivity contribution in [1.82, 2.24) is 0 Å². The molecule has 0 heterocycles. The molecule has 96 valence electrons. The third-order valence-corrected chi connectivity index (χ3v) is 2.11. The van der Waals surface area contributed by atoms with E-state index in [9.17, 15) is 19.2 Å². The Kier molecular flexibility index (Phi) is 5.65. The fourth-order valence-electron chi connectivity index (χ4n) is 1.31. The normalized spacial score (nSPS) is 13.6. The molecule has 8 nitrogen and oxygen atoms in total. The molecule has 0 rings (SSSR count). The number of hydrogen-bond donors (Lipinski definition) is 4. The minimum Gasteiger partial charge on any atom is -0.481 e. The van der Waals surface area contributed by atoms with Crippen molar-refractivity contribution in [2.45, 2.75) is 19.3 Å². The van der Waals surface area contributed by atoms with Gasteiger partial charge in [-0.05, 0) is 6.42 Å². The minimum absolute atomic E-state index is 0.525. The van der Waals surface area contributed by atoms with Gasteiger partial charge in [0.2, 0.25) is 0 Å². The molecule has 4 N–H and O–H groups in total. The molecule has 17 heavy (non-hydrogen) atoms. The van der Waals surface area contributed by atoms with E-state index in [1.165, 1.54) is 0 Å². The molecule has 0 aromatic rings. The van der Waals surface area contributed by atoms with E-state index >= 15 is 0 Å². The molecule has 0 spiro atoms. The average Bonchev–Trinajstić information content (AvgIpc) is 2.13. The first-order chi connectivity index (χ1) is 7.73. The third kappa shape index (κ3) is 6.13. The molecular formula is C9H12O8. The molecule has 0 radical (unpaired) electrons. The quantitative estimate of drug-likeness (QED) is 0.458. The second-order valence-corrected chi connectivity index (χ2v) is 3.50. The number of carbonyl (C=O) groups is 4. The highest BCUT2D eigenvalue weighted by Crippen LogP contribution is 2.19. The van der Waals surface area contributed by atoms with Crippen LogP contribution in [0.15, 0.2) is 0 Å². The van der Waals surface area contributed by atoms with Crippen molar-refractivity contribution in [3.63, 3.8) is 0 Å². The Morgan fingerprint density at radius 3 is 1.18 bits per heavy atom. The maximum absolute atomic E-state index is 10.7. The molecule has 1 unspecified atom stereocenters. The standard InChI is InChI=1S/C9H12O8/c10-6(11)2-4(8(14)15)1-5(9(16)17)3-7(12)13/h4-5H,1-3H2,(H,10,11)(H,12,13)(H,14,15)(H,16,17)/t4-,5?/m1/s1. The van der Waals surface area contributed by atoms with Crippen LogP contribution in [0.1, 0.15) is 19.3 Å². The Hall–Kier alpha value is -2.12. The van der Waals surface area contributed by atoms with Crippen molar-refractivity contribution in [3.8, 4) is 0 Å². The Morgan fingerprint density at radius 1 is 0.706 bits per heavy atom. The predicted octanol–water partition coefficient (Wildman–Crippen LogP) is -0.272. The molecule has 0 saturated heterocycles. The predicted molar refractivity (Wildman–Crippen MR) is 51.4 cm³/mol. The van der Waals surface area contributed by atoms with Crippen LogP contribution in [0.5, 0.6) is 0 Å². The molecule has 2 atom stereocenters. The Bertz CT molecular complexity index is 302. The third-order valence-electron chi connectivity index (χ3n) is 2.11. The highest BCUT2D eigenvalue weighted by molar-refractivity contribution is 5.81. The molecule has 0 fully saturated rings. The smallest absolute Gasteiger partial charge is 0.307 e. The fourth-order valence-corrected chi connectivity index (χ4v) is 1.31. The summed E-state index contributed by atoms with van der Waals surface area (Å²) in [5, 5.41) is 34.2. The zero-order chi connectivity index (χ0) is 13.6. The van der Waals surface area contributed by atoms with E-state index in [1.807, 2.05) is 0 Å². The van der Waals surface area contributed by atoms with Gasteiger partial charge in [0, 0.05) is 0 Å². The first kappa shape index (κ1) is 14.9. The van der Waals surface area contributed by atoms with Gasteiger partial charge in [-0.3, -0.25) is 19.2 Å². The van der Waals surface area contributed by atoms with Crippen LogP contribution in [0, 0.1) is 11.8 Å². The zero-order valence-corrected chi connectivity index (χ0v) is 8.70. The van der Waals surface area contributed by atoms with Crippen LogP contribution in [0.4, 0.5) is 0 Å². The summed E-state index contributed by atoms with van der Waals surface area (Å²) in [6.07, 6.45) is -2.00. The Labute approximate surface area is 95.5 Å². The summed E-state index contributed by atoms with van der Waals surface area (Å²) in [5.41, 5.74) is 0. The molecule has 8 heteroatoms. The van der Waals surface area contributed by atoms with Crippen LogP contribution in [0.2, 0.25) is 0 Å². The van der Waals surface area contributed by atoms with Crippen LogP contribution in [0.3, 0.4) is 0 Å². The number of rotatable bonds is 8. The number of carboxylic acid groups (broad SMARTS) is 4. The van der Waals surface area contributed by atoms with Gasteiger partial charge in [-0.2, -0.15) is 0 Å². The summed E-state index contributed by atoms with van der Waals surface area (Å²) < 4.78 is 0. The average molecular weight is 248 g/mol. The molecule has 0 aliphatic rings. The molecule has 0 amide bonds. The lowest BCUT2D eigenvalue weighted by Crippen LogP contribution is -2.26. The lowest BCUT2D eigenvalue weighted by atomic mass is 9.90. The number of aliphatic carboxylic acids is 4. The second kappa shape index (κ2) is 6.46. The van der Waals surface area contributed by atoms with Crippen molar-refractivity contribution in [2.75, 3.05) is 0 Å². The van der Waals surface area contributed by atoms with E-state index in [-0.39, 0.29) is 0 Å². The van der Waals surface area contributed by atoms with Crippen LogP contribution in [-0.4, -0.2) is 44.3 Å². The molecule has 0 aromatic heterocycles. The maximum Gasteiger partial charge on any atom is 0.307 e. The fraction of sp³-hybridized carbons (Fsp3) is 0.556. The van der Waals surface area contributed by atoms with Crippen LogP contribution < -0.4 is 0 Å². The highest BCUT2D eigenvalue weighted by atomic mass is 16.4. The lowest BCUT2D eigenvalue weighted by molar-refractivity contribution is -0.153. The summed E-state index contributed by atoms with van der Waals surface area (Å²) in [5.74, 6) is -8.48. The highest BCUT2D eigenvalue weighted by Gasteiger charge is 2.30. The zero-order valence-electron chi connectivity index (χ0n) is 8.70. The van der Waals surface area contributed by atoms with Gasteiger partial charge in [0.05, 0.1) is 24.7 Å². The SMILES string of the molecule is O=C(O)CC(C[C@H](CC(=O)O)C(=O)O)C(=O)O. The molecule has 0 saturated carbocycles. The van der Waals surface area contributed by atoms with Gasteiger partial charge in [-0.1, -0.05) is 0 Å². The van der Waals surface area contributed by atoms with E-state index in [0.717, 1.165) is 0 Å². The molecule has 0 aliphatic heterocycles. The molecule has 0 aromatic carbocycles. The van der Waals surface area contributed by atoms with Gasteiger partial charge in [-0.25, -0.2) is 0 Å². The van der Waals surface area contributed by atoms with Crippen LogP contribution in [0.25, 0.3) is 0 Å². The largest absolute Gasteiger partial charge is 0.481 e. The van der Waals surface area contributed by atoms with E-state index in [2.05, 4.69) is 0 Å². The Morgan fingerprint density at radius 2 is 1.00 bits per heavy atom. The summed E-state index contributed by atoms with van der Waals surface area (Å²) in [6, 6.07) is 0. The van der Waals surface area contributed by atoms with Gasteiger partial charge >= 0.3 is 23.9 Å². The topological polar surface area (TPSA) is 149 Å². The van der Waals surface area contributed by atoms with E-state index < -0.39 is 55.0 Å². The van der Waals surface area contributed by atoms with Crippen LogP contribution in [-0.2, 0) is 19.2 Å². The van der Waals surface area contributed by atoms with Gasteiger partial charge in [0.15, 0.2) is 0 Å². The van der Waals surface area contributed by atoms with Crippen molar-refractivity contribution < 1.29 is 39.6 Å². The van der Waals surface area contributed by atoms with Crippen molar-refractivity contribution in [3.05, 3.63) is 0 Å². The minimum atomic E-state index is -1.45. The number of hydrogen-bond acceptors (Lipinski definition) is 4. The van der Waals surface area contributed by atoms with Gasteiger partial charge < -0.3 is 20.4 Å². The van der Waals surface area contributed by atoms with Crippen molar-refractivity contribution >= 4 is 23.9 Å². The molecular weight excluding hydrogens is 236 g/mol. The van der Waals surface area contributed by atoms with Crippen LogP contribution >= 0.6 is 0 Å². The summed E-state index contributed by atoms with van der Waals surface area (Å²) >= 11 is 0. The molecule has 0 bridgehead atoms. The van der Waals surface area contributed by atoms with Gasteiger partial charge in [0.25, 0.3) is 0 Å². The monoisotopic (exact) mass is 248 g/mol. The van der Waals surface area contributed by atoms with Gasteiger partial charge in [-0.15, -0.1) is 0 Å². The van der Waals surface area contributed by atoms with Gasteiger partial charge in [0.1, 0.15) is 0 Å². The summed E-state index contributed by atoms with van der Waals surface area (Å²) in [6.45, 7) is 0. The van der Waals surface area contributed by atoms with E-state index in [0.29, 0.717) is 0 Å². The van der Waals surface area contributed by atoms with Crippen molar-refractivity contribution in [2.24, 2.45) is 11.8 Å². The Balaban J connectivity index is 4.67. The summed E-state index contributed by atoms with van der Waals surface area (Å²) in [7, 11) is 0. The first-order valence-electron chi connectivity index (χ1n) is 4.63. The van der Waals surface area contributed by atoms with E-state index in [1.54, 1.807) is 0 Å². The van der Waals surface area contributed by atoms with E-state index in [4.69, 9.17) is 20.4 Å².